The zero-order chi connectivity index (χ0) is 12.1. The van der Waals surface area contributed by atoms with Gasteiger partial charge in [0.1, 0.15) is 0 Å². The average Bonchev–Trinajstić information content (AvgIpc) is 2.78. The molecule has 0 bridgehead atoms. The topological polar surface area (TPSA) is 15.3 Å². The van der Waals surface area contributed by atoms with Crippen LogP contribution >= 0.6 is 11.3 Å². The van der Waals surface area contributed by atoms with Crippen LogP contribution in [0.5, 0.6) is 0 Å². The summed E-state index contributed by atoms with van der Waals surface area (Å²) in [5.74, 6) is 0. The maximum absolute atomic E-state index is 3.79. The van der Waals surface area contributed by atoms with Crippen molar-refractivity contribution in [3.63, 3.8) is 0 Å². The first-order valence-corrected chi connectivity index (χ1v) is 7.69. The highest BCUT2D eigenvalue weighted by Gasteiger charge is 2.18. The van der Waals surface area contributed by atoms with Gasteiger partial charge in [-0.3, -0.25) is 0 Å². The van der Waals surface area contributed by atoms with Crippen LogP contribution in [-0.2, 0) is 0 Å². The standard InChI is InChI=1S/C14H24N2S/c1-3-16-9-4-6-13(8-10-16)15-12(2)14-7-5-11-17-14/h5,7,11-13,15H,3-4,6,8-10H2,1-2H3/t12-,13?/m0/s1. The zero-order valence-corrected chi connectivity index (χ0v) is 11.8. The Hall–Kier alpha value is -0.380. The molecule has 2 nitrogen and oxygen atoms in total. The molecule has 1 aliphatic rings. The van der Waals surface area contributed by atoms with E-state index in [0.29, 0.717) is 12.1 Å². The summed E-state index contributed by atoms with van der Waals surface area (Å²) in [5, 5.41) is 5.96. The normalized spacial score (nSPS) is 24.5. The van der Waals surface area contributed by atoms with Crippen LogP contribution in [0, 0.1) is 0 Å². The smallest absolute Gasteiger partial charge is 0.0388 e. The predicted molar refractivity (Wildman–Crippen MR) is 75.6 cm³/mol. The second kappa shape index (κ2) is 6.53. The van der Waals surface area contributed by atoms with Gasteiger partial charge in [-0.2, -0.15) is 0 Å². The van der Waals surface area contributed by atoms with Crippen molar-refractivity contribution in [1.82, 2.24) is 10.2 Å². The second-order valence-electron chi connectivity index (χ2n) is 4.97. The van der Waals surface area contributed by atoms with Gasteiger partial charge in [0.25, 0.3) is 0 Å². The molecular formula is C14H24N2S. The molecule has 0 radical (unpaired) electrons. The Labute approximate surface area is 109 Å². The van der Waals surface area contributed by atoms with E-state index in [2.05, 4.69) is 41.6 Å². The molecule has 1 fully saturated rings. The summed E-state index contributed by atoms with van der Waals surface area (Å²) in [6.45, 7) is 8.29. The van der Waals surface area contributed by atoms with Crippen molar-refractivity contribution < 1.29 is 0 Å². The highest BCUT2D eigenvalue weighted by Crippen LogP contribution is 2.21. The van der Waals surface area contributed by atoms with E-state index in [9.17, 15) is 0 Å². The number of rotatable bonds is 4. The molecular weight excluding hydrogens is 228 g/mol. The van der Waals surface area contributed by atoms with Crippen LogP contribution in [0.2, 0.25) is 0 Å². The summed E-state index contributed by atoms with van der Waals surface area (Å²) in [4.78, 5) is 4.03. The van der Waals surface area contributed by atoms with Gasteiger partial charge < -0.3 is 10.2 Å². The average molecular weight is 252 g/mol. The Morgan fingerprint density at radius 1 is 1.47 bits per heavy atom. The van der Waals surface area contributed by atoms with Crippen molar-refractivity contribution in [3.8, 4) is 0 Å². The largest absolute Gasteiger partial charge is 0.307 e. The fourth-order valence-electron chi connectivity index (χ4n) is 2.61. The lowest BCUT2D eigenvalue weighted by atomic mass is 10.1. The molecule has 0 aliphatic carbocycles. The van der Waals surface area contributed by atoms with E-state index >= 15 is 0 Å². The lowest BCUT2D eigenvalue weighted by Crippen LogP contribution is -2.32. The van der Waals surface area contributed by atoms with Gasteiger partial charge in [0.2, 0.25) is 0 Å². The third-order valence-electron chi connectivity index (χ3n) is 3.72. The SMILES string of the molecule is CCN1CCCC(N[C@@H](C)c2cccs2)CC1. The molecule has 0 saturated carbocycles. The summed E-state index contributed by atoms with van der Waals surface area (Å²) in [5.41, 5.74) is 0. The molecule has 1 saturated heterocycles. The Bertz CT molecular complexity index is 310. The maximum atomic E-state index is 3.79. The van der Waals surface area contributed by atoms with Gasteiger partial charge in [-0.25, -0.2) is 0 Å². The second-order valence-corrected chi connectivity index (χ2v) is 5.95. The van der Waals surface area contributed by atoms with E-state index in [1.54, 1.807) is 0 Å². The Balaban J connectivity index is 1.82. The van der Waals surface area contributed by atoms with Gasteiger partial charge in [0, 0.05) is 17.0 Å². The summed E-state index contributed by atoms with van der Waals surface area (Å²) in [6.07, 6.45) is 3.96. The number of nitrogens with one attached hydrogen (secondary N) is 1. The molecule has 0 spiro atoms. The lowest BCUT2D eigenvalue weighted by Gasteiger charge is -2.21. The van der Waals surface area contributed by atoms with Crippen molar-refractivity contribution in [2.24, 2.45) is 0 Å². The van der Waals surface area contributed by atoms with E-state index < -0.39 is 0 Å². The molecule has 17 heavy (non-hydrogen) atoms. The van der Waals surface area contributed by atoms with Crippen LogP contribution in [0.25, 0.3) is 0 Å². The fourth-order valence-corrected chi connectivity index (χ4v) is 3.36. The Morgan fingerprint density at radius 2 is 2.35 bits per heavy atom. The van der Waals surface area contributed by atoms with Gasteiger partial charge in [-0.15, -0.1) is 11.3 Å². The summed E-state index contributed by atoms with van der Waals surface area (Å²) < 4.78 is 0. The molecule has 1 unspecified atom stereocenters. The van der Waals surface area contributed by atoms with E-state index in [1.807, 2.05) is 11.3 Å². The lowest BCUT2D eigenvalue weighted by molar-refractivity contribution is 0.296. The number of hydrogen-bond donors (Lipinski definition) is 1. The van der Waals surface area contributed by atoms with Gasteiger partial charge in [-0.05, 0) is 57.3 Å². The van der Waals surface area contributed by atoms with Gasteiger partial charge in [0.15, 0.2) is 0 Å². The molecule has 1 aromatic rings. The Kier molecular flexibility index (Phi) is 5.01. The first-order chi connectivity index (χ1) is 8.29. The van der Waals surface area contributed by atoms with Crippen LogP contribution < -0.4 is 5.32 Å². The summed E-state index contributed by atoms with van der Waals surface area (Å²) >= 11 is 1.86. The van der Waals surface area contributed by atoms with Crippen molar-refractivity contribution in [3.05, 3.63) is 22.4 Å². The van der Waals surface area contributed by atoms with Crippen LogP contribution in [0.3, 0.4) is 0 Å². The number of nitrogens with zero attached hydrogens (tertiary/aromatic N) is 1. The minimum Gasteiger partial charge on any atom is -0.307 e. The predicted octanol–water partition coefficient (Wildman–Crippen LogP) is 3.27. The number of hydrogen-bond acceptors (Lipinski definition) is 3. The summed E-state index contributed by atoms with van der Waals surface area (Å²) in [7, 11) is 0. The zero-order valence-electron chi connectivity index (χ0n) is 11.0. The van der Waals surface area contributed by atoms with E-state index in [1.165, 1.54) is 43.8 Å². The molecule has 96 valence electrons. The highest BCUT2D eigenvalue weighted by atomic mass is 32.1. The van der Waals surface area contributed by atoms with Gasteiger partial charge in [0.05, 0.1) is 0 Å². The quantitative estimate of drug-likeness (QED) is 0.885. The molecule has 2 rings (SSSR count). The molecule has 1 aliphatic heterocycles. The monoisotopic (exact) mass is 252 g/mol. The Morgan fingerprint density at radius 3 is 3.06 bits per heavy atom. The molecule has 2 atom stereocenters. The molecule has 2 heterocycles. The first kappa shape index (κ1) is 13.1. The van der Waals surface area contributed by atoms with E-state index in [4.69, 9.17) is 0 Å². The van der Waals surface area contributed by atoms with Crippen molar-refractivity contribution in [1.29, 1.82) is 0 Å². The minimum atomic E-state index is 0.508. The molecule has 3 heteroatoms. The maximum Gasteiger partial charge on any atom is 0.0388 e. The highest BCUT2D eigenvalue weighted by molar-refractivity contribution is 7.10. The fraction of sp³-hybridized carbons (Fsp3) is 0.714. The number of likely N-dealkylation sites (tertiary alicyclic amines) is 1. The van der Waals surface area contributed by atoms with E-state index in [0.717, 1.165) is 0 Å². The molecule has 0 aromatic carbocycles. The summed E-state index contributed by atoms with van der Waals surface area (Å²) in [6, 6.07) is 5.58. The molecule has 1 aromatic heterocycles. The van der Waals surface area contributed by atoms with Gasteiger partial charge in [-0.1, -0.05) is 13.0 Å². The van der Waals surface area contributed by atoms with Crippen molar-refractivity contribution in [2.75, 3.05) is 19.6 Å². The molecule has 1 N–H and O–H groups in total. The van der Waals surface area contributed by atoms with Crippen molar-refractivity contribution >= 4 is 11.3 Å². The first-order valence-electron chi connectivity index (χ1n) is 6.81. The van der Waals surface area contributed by atoms with Crippen LogP contribution in [0.1, 0.15) is 44.0 Å². The van der Waals surface area contributed by atoms with Crippen LogP contribution in [0.4, 0.5) is 0 Å². The minimum absolute atomic E-state index is 0.508. The third-order valence-corrected chi connectivity index (χ3v) is 4.78. The van der Waals surface area contributed by atoms with E-state index in [-0.39, 0.29) is 0 Å². The molecule has 0 amide bonds. The third kappa shape index (κ3) is 3.80. The van der Waals surface area contributed by atoms with Crippen LogP contribution in [0.15, 0.2) is 17.5 Å². The van der Waals surface area contributed by atoms with Gasteiger partial charge >= 0.3 is 0 Å². The number of thiophene rings is 1. The van der Waals surface area contributed by atoms with Crippen LogP contribution in [-0.4, -0.2) is 30.6 Å². The van der Waals surface area contributed by atoms with Crippen molar-refractivity contribution in [2.45, 2.75) is 45.2 Å².